The second-order valence-electron chi connectivity index (χ2n) is 4.10. The normalized spacial score (nSPS) is 10.5. The molecule has 0 N–H and O–H groups in total. The van der Waals surface area contributed by atoms with Gasteiger partial charge in [0.05, 0.1) is 7.11 Å². The van der Waals surface area contributed by atoms with Gasteiger partial charge in [0.2, 0.25) is 0 Å². The van der Waals surface area contributed by atoms with Gasteiger partial charge in [-0.2, -0.15) is 4.68 Å². The average molecular weight is 331 g/mol. The van der Waals surface area contributed by atoms with Gasteiger partial charge in [0, 0.05) is 10.0 Å². The third kappa shape index (κ3) is 2.30. The van der Waals surface area contributed by atoms with E-state index in [0.717, 1.165) is 15.7 Å². The van der Waals surface area contributed by atoms with Gasteiger partial charge in [-0.1, -0.05) is 46.3 Å². The van der Waals surface area contributed by atoms with E-state index < -0.39 is 0 Å². The van der Waals surface area contributed by atoms with Gasteiger partial charge < -0.3 is 4.74 Å². The lowest BCUT2D eigenvalue weighted by atomic mass is 10.2. The maximum atomic E-state index is 5.38. The first-order valence-electron chi connectivity index (χ1n) is 5.97. The van der Waals surface area contributed by atoms with E-state index in [1.807, 2.05) is 48.5 Å². The molecule has 0 saturated carbocycles. The number of methoxy groups -OCH3 is 1. The van der Waals surface area contributed by atoms with Crippen LogP contribution < -0.4 is 4.74 Å². The molecule has 2 aromatic carbocycles. The molecule has 3 rings (SSSR count). The van der Waals surface area contributed by atoms with E-state index in [1.165, 1.54) is 0 Å². The van der Waals surface area contributed by atoms with Crippen LogP contribution in [0.5, 0.6) is 5.75 Å². The highest BCUT2D eigenvalue weighted by Gasteiger charge is 2.14. The number of ether oxygens (including phenoxy) is 1. The van der Waals surface area contributed by atoms with Crippen molar-refractivity contribution >= 4 is 15.9 Å². The summed E-state index contributed by atoms with van der Waals surface area (Å²) in [6, 6.07) is 15.5. The van der Waals surface area contributed by atoms with Crippen molar-refractivity contribution in [2.75, 3.05) is 7.11 Å². The molecule has 0 bridgehead atoms. The molecule has 0 radical (unpaired) electrons. The second kappa shape index (κ2) is 5.42. The molecule has 0 amide bonds. The Balaban J connectivity index is 2.18. The zero-order chi connectivity index (χ0) is 13.9. The van der Waals surface area contributed by atoms with Crippen molar-refractivity contribution < 1.29 is 4.74 Å². The van der Waals surface area contributed by atoms with E-state index in [2.05, 4.69) is 31.5 Å². The molecule has 1 aromatic heterocycles. The van der Waals surface area contributed by atoms with Gasteiger partial charge in [0.1, 0.15) is 11.4 Å². The molecular weight excluding hydrogens is 320 g/mol. The summed E-state index contributed by atoms with van der Waals surface area (Å²) in [5, 5.41) is 11.9. The van der Waals surface area contributed by atoms with Crippen LogP contribution in [0, 0.1) is 0 Å². The van der Waals surface area contributed by atoms with Gasteiger partial charge >= 0.3 is 0 Å². The lowest BCUT2D eigenvalue weighted by Crippen LogP contribution is -2.02. The molecule has 0 spiro atoms. The fourth-order valence-electron chi connectivity index (χ4n) is 1.95. The van der Waals surface area contributed by atoms with Crippen molar-refractivity contribution in [3.8, 4) is 22.8 Å². The van der Waals surface area contributed by atoms with Gasteiger partial charge in [-0.15, -0.1) is 5.10 Å². The van der Waals surface area contributed by atoms with Crippen LogP contribution in [0.3, 0.4) is 0 Å². The maximum Gasteiger partial charge on any atom is 0.187 e. The van der Waals surface area contributed by atoms with Crippen LogP contribution in [-0.2, 0) is 0 Å². The van der Waals surface area contributed by atoms with Crippen molar-refractivity contribution in [3.63, 3.8) is 0 Å². The topological polar surface area (TPSA) is 52.8 Å². The summed E-state index contributed by atoms with van der Waals surface area (Å²) in [6.07, 6.45) is 0. The van der Waals surface area contributed by atoms with E-state index in [-0.39, 0.29) is 0 Å². The lowest BCUT2D eigenvalue weighted by Gasteiger charge is -2.10. The Morgan fingerprint density at radius 1 is 1.10 bits per heavy atom. The third-order valence-electron chi connectivity index (χ3n) is 2.87. The Kier molecular flexibility index (Phi) is 3.47. The summed E-state index contributed by atoms with van der Waals surface area (Å²) >= 11 is 3.45. The van der Waals surface area contributed by atoms with E-state index in [1.54, 1.807) is 11.8 Å². The quantitative estimate of drug-likeness (QED) is 0.740. The summed E-state index contributed by atoms with van der Waals surface area (Å²) in [5.41, 5.74) is 1.73. The van der Waals surface area contributed by atoms with E-state index in [0.29, 0.717) is 11.6 Å². The van der Waals surface area contributed by atoms with Gasteiger partial charge in [-0.25, -0.2) is 0 Å². The molecule has 0 atom stereocenters. The highest BCUT2D eigenvalue weighted by atomic mass is 79.9. The summed E-state index contributed by atoms with van der Waals surface area (Å²) in [4.78, 5) is 0. The Labute approximate surface area is 124 Å². The smallest absolute Gasteiger partial charge is 0.187 e. The summed E-state index contributed by atoms with van der Waals surface area (Å²) in [6.45, 7) is 0. The fourth-order valence-corrected chi connectivity index (χ4v) is 2.29. The zero-order valence-corrected chi connectivity index (χ0v) is 12.3. The van der Waals surface area contributed by atoms with Crippen molar-refractivity contribution in [2.24, 2.45) is 0 Å². The number of rotatable bonds is 3. The number of tetrazole rings is 1. The zero-order valence-electron chi connectivity index (χ0n) is 10.7. The van der Waals surface area contributed by atoms with E-state index >= 15 is 0 Å². The molecule has 0 unspecified atom stereocenters. The standard InChI is InChI=1S/C14H11BrN4O/c1-20-13-8-7-11(15)9-12(13)19-14(16-17-18-19)10-5-3-2-4-6-10/h2-9H,1H3. The minimum Gasteiger partial charge on any atom is -0.494 e. The van der Waals surface area contributed by atoms with Crippen LogP contribution in [0.4, 0.5) is 0 Å². The summed E-state index contributed by atoms with van der Waals surface area (Å²) < 4.78 is 7.98. The highest BCUT2D eigenvalue weighted by Crippen LogP contribution is 2.28. The van der Waals surface area contributed by atoms with Gasteiger partial charge in [0.15, 0.2) is 5.82 Å². The molecule has 20 heavy (non-hydrogen) atoms. The van der Waals surface area contributed by atoms with Crippen LogP contribution in [0.25, 0.3) is 17.1 Å². The number of aromatic nitrogens is 4. The van der Waals surface area contributed by atoms with E-state index in [9.17, 15) is 0 Å². The third-order valence-corrected chi connectivity index (χ3v) is 3.36. The number of hydrogen-bond donors (Lipinski definition) is 0. The second-order valence-corrected chi connectivity index (χ2v) is 5.01. The minimum absolute atomic E-state index is 0.669. The maximum absolute atomic E-state index is 5.38. The molecule has 6 heteroatoms. The summed E-state index contributed by atoms with van der Waals surface area (Å²) in [7, 11) is 1.62. The van der Waals surface area contributed by atoms with Crippen LogP contribution in [-0.4, -0.2) is 27.3 Å². The molecule has 100 valence electrons. The van der Waals surface area contributed by atoms with Crippen molar-refractivity contribution in [2.45, 2.75) is 0 Å². The number of nitrogens with zero attached hydrogens (tertiary/aromatic N) is 4. The number of halogens is 1. The Bertz CT molecular complexity index is 727. The lowest BCUT2D eigenvalue weighted by molar-refractivity contribution is 0.411. The van der Waals surface area contributed by atoms with Crippen LogP contribution in [0.2, 0.25) is 0 Å². The molecule has 5 nitrogen and oxygen atoms in total. The van der Waals surface area contributed by atoms with Gasteiger partial charge in [-0.05, 0) is 28.6 Å². The average Bonchev–Trinajstić information content (AvgIpc) is 2.97. The fraction of sp³-hybridized carbons (Fsp3) is 0.0714. The van der Waals surface area contributed by atoms with Gasteiger partial charge in [0.25, 0.3) is 0 Å². The molecule has 0 aliphatic rings. The van der Waals surface area contributed by atoms with Crippen LogP contribution in [0.1, 0.15) is 0 Å². The molecule has 0 fully saturated rings. The molecule has 1 heterocycles. The van der Waals surface area contributed by atoms with Crippen LogP contribution >= 0.6 is 15.9 Å². The van der Waals surface area contributed by atoms with Crippen molar-refractivity contribution in [3.05, 3.63) is 53.0 Å². The first-order valence-corrected chi connectivity index (χ1v) is 6.76. The Morgan fingerprint density at radius 3 is 2.65 bits per heavy atom. The first kappa shape index (κ1) is 12.8. The number of benzene rings is 2. The van der Waals surface area contributed by atoms with Gasteiger partial charge in [-0.3, -0.25) is 0 Å². The largest absolute Gasteiger partial charge is 0.494 e. The SMILES string of the molecule is COc1ccc(Br)cc1-n1nnnc1-c1ccccc1. The molecule has 0 aliphatic heterocycles. The predicted molar refractivity (Wildman–Crippen MR) is 78.8 cm³/mol. The highest BCUT2D eigenvalue weighted by molar-refractivity contribution is 9.10. The molecule has 3 aromatic rings. The molecular formula is C14H11BrN4O. The predicted octanol–water partition coefficient (Wildman–Crippen LogP) is 3.10. The van der Waals surface area contributed by atoms with Crippen LogP contribution in [0.15, 0.2) is 53.0 Å². The van der Waals surface area contributed by atoms with E-state index in [4.69, 9.17) is 4.74 Å². The minimum atomic E-state index is 0.669. The molecule has 0 saturated heterocycles. The van der Waals surface area contributed by atoms with Crippen molar-refractivity contribution in [1.29, 1.82) is 0 Å². The monoisotopic (exact) mass is 330 g/mol. The first-order chi connectivity index (χ1) is 9.79. The molecule has 0 aliphatic carbocycles. The Morgan fingerprint density at radius 2 is 1.90 bits per heavy atom. The summed E-state index contributed by atoms with van der Waals surface area (Å²) in [5.74, 6) is 1.37. The Hall–Kier alpha value is -2.21. The number of hydrogen-bond acceptors (Lipinski definition) is 4. The van der Waals surface area contributed by atoms with Crippen molar-refractivity contribution in [1.82, 2.24) is 20.2 Å².